The van der Waals surface area contributed by atoms with Crippen molar-refractivity contribution in [2.24, 2.45) is 0 Å². The number of halogens is 1. The van der Waals surface area contributed by atoms with Crippen LogP contribution in [0.2, 0.25) is 5.02 Å². The number of nitrogens with zero attached hydrogens (tertiary/aromatic N) is 3. The first kappa shape index (κ1) is 19.6. The van der Waals surface area contributed by atoms with Gasteiger partial charge in [-0.25, -0.2) is 4.98 Å². The van der Waals surface area contributed by atoms with Crippen molar-refractivity contribution in [2.45, 2.75) is 18.9 Å². The number of imidazole rings is 1. The molecule has 4 aromatic rings. The van der Waals surface area contributed by atoms with Crippen LogP contribution in [0.3, 0.4) is 0 Å². The molecule has 0 unspecified atom stereocenters. The quantitative estimate of drug-likeness (QED) is 0.432. The van der Waals surface area contributed by atoms with Gasteiger partial charge < -0.3 is 14.2 Å². The Morgan fingerprint density at radius 3 is 2.65 bits per heavy atom. The summed E-state index contributed by atoms with van der Waals surface area (Å²) in [7, 11) is 1.60. The van der Waals surface area contributed by atoms with Crippen molar-refractivity contribution in [3.05, 3.63) is 89.2 Å². The lowest BCUT2D eigenvalue weighted by atomic mass is 10.1. The van der Waals surface area contributed by atoms with Gasteiger partial charge in [0.15, 0.2) is 0 Å². The molecule has 1 aliphatic heterocycles. The number of benzene rings is 3. The Hall–Kier alpha value is -3.31. The highest BCUT2D eigenvalue weighted by molar-refractivity contribution is 6.34. The van der Waals surface area contributed by atoms with Crippen LogP contribution >= 0.6 is 11.6 Å². The summed E-state index contributed by atoms with van der Waals surface area (Å²) < 4.78 is 7.56. The van der Waals surface area contributed by atoms with Gasteiger partial charge in [0, 0.05) is 31.5 Å². The molecule has 0 radical (unpaired) electrons. The lowest BCUT2D eigenvalue weighted by Crippen LogP contribution is -2.25. The number of hydrogen-bond donors (Lipinski definition) is 0. The van der Waals surface area contributed by atoms with E-state index >= 15 is 0 Å². The summed E-state index contributed by atoms with van der Waals surface area (Å²) in [6.45, 7) is 1.24. The number of methoxy groups -OCH3 is 1. The largest absolute Gasteiger partial charge is 0.497 e. The molecule has 2 heterocycles. The van der Waals surface area contributed by atoms with E-state index in [1.54, 1.807) is 24.1 Å². The smallest absolute Gasteiger partial charge is 0.227 e. The number of hydrogen-bond acceptors (Lipinski definition) is 3. The molecule has 31 heavy (non-hydrogen) atoms. The Morgan fingerprint density at radius 2 is 1.84 bits per heavy atom. The SMILES string of the molecule is COc1ccc(Cl)c(N2C[C@@H](c3nc4ccccc4n3Cc3ccccc3)CC2=O)c1. The van der Waals surface area contributed by atoms with E-state index < -0.39 is 0 Å². The molecular formula is C25H22ClN3O2. The number of anilines is 1. The lowest BCUT2D eigenvalue weighted by Gasteiger charge is -2.19. The number of amides is 1. The Morgan fingerprint density at radius 1 is 1.06 bits per heavy atom. The molecule has 5 rings (SSSR count). The summed E-state index contributed by atoms with van der Waals surface area (Å²) in [5.74, 6) is 1.62. The van der Waals surface area contributed by atoms with Gasteiger partial charge in [-0.15, -0.1) is 0 Å². The first-order valence-corrected chi connectivity index (χ1v) is 10.6. The monoisotopic (exact) mass is 431 g/mol. The Balaban J connectivity index is 1.53. The summed E-state index contributed by atoms with van der Waals surface area (Å²) in [5.41, 5.74) is 3.90. The molecule has 6 heteroatoms. The van der Waals surface area contributed by atoms with E-state index in [2.05, 4.69) is 22.8 Å². The van der Waals surface area contributed by atoms with E-state index in [0.29, 0.717) is 36.0 Å². The van der Waals surface area contributed by atoms with Gasteiger partial charge in [-0.3, -0.25) is 4.79 Å². The van der Waals surface area contributed by atoms with Crippen LogP contribution in [0.25, 0.3) is 11.0 Å². The highest BCUT2D eigenvalue weighted by Gasteiger charge is 2.35. The maximum absolute atomic E-state index is 13.0. The number of aromatic nitrogens is 2. The van der Waals surface area contributed by atoms with E-state index in [0.717, 1.165) is 16.9 Å². The summed E-state index contributed by atoms with van der Waals surface area (Å²) >= 11 is 6.42. The fourth-order valence-electron chi connectivity index (χ4n) is 4.28. The Labute approximate surface area is 185 Å². The predicted octanol–water partition coefficient (Wildman–Crippen LogP) is 5.27. The topological polar surface area (TPSA) is 47.4 Å². The summed E-state index contributed by atoms with van der Waals surface area (Å²) in [5, 5.41) is 0.535. The van der Waals surface area contributed by atoms with Crippen LogP contribution in [0.4, 0.5) is 5.69 Å². The van der Waals surface area contributed by atoms with Gasteiger partial charge >= 0.3 is 0 Å². The van der Waals surface area contributed by atoms with Crippen LogP contribution in [0, 0.1) is 0 Å². The van der Waals surface area contributed by atoms with E-state index in [1.165, 1.54) is 5.56 Å². The van der Waals surface area contributed by atoms with Crippen molar-refractivity contribution in [3.63, 3.8) is 0 Å². The van der Waals surface area contributed by atoms with Crippen LogP contribution in [-0.4, -0.2) is 29.1 Å². The van der Waals surface area contributed by atoms with Gasteiger partial charge in [0.2, 0.25) is 5.91 Å². The maximum Gasteiger partial charge on any atom is 0.227 e. The zero-order valence-corrected chi connectivity index (χ0v) is 17.9. The molecule has 156 valence electrons. The highest BCUT2D eigenvalue weighted by atomic mass is 35.5. The van der Waals surface area contributed by atoms with Crippen molar-refractivity contribution in [2.75, 3.05) is 18.6 Å². The summed E-state index contributed by atoms with van der Waals surface area (Å²) in [4.78, 5) is 19.7. The Bertz CT molecular complexity index is 1250. The number of para-hydroxylation sites is 2. The lowest BCUT2D eigenvalue weighted by molar-refractivity contribution is -0.117. The number of fused-ring (bicyclic) bond motifs is 1. The molecule has 1 aliphatic rings. The minimum Gasteiger partial charge on any atom is -0.497 e. The molecule has 1 atom stereocenters. The molecule has 1 saturated heterocycles. The zero-order valence-electron chi connectivity index (χ0n) is 17.2. The fraction of sp³-hybridized carbons (Fsp3) is 0.200. The molecule has 3 aromatic carbocycles. The molecule has 0 N–H and O–H groups in total. The van der Waals surface area contributed by atoms with Gasteiger partial charge in [0.1, 0.15) is 11.6 Å². The zero-order chi connectivity index (χ0) is 21.4. The predicted molar refractivity (Wildman–Crippen MR) is 123 cm³/mol. The molecule has 1 aromatic heterocycles. The van der Waals surface area contributed by atoms with Crippen LogP contribution in [0.1, 0.15) is 23.7 Å². The van der Waals surface area contributed by atoms with Crippen LogP contribution in [0.15, 0.2) is 72.8 Å². The van der Waals surface area contributed by atoms with E-state index in [-0.39, 0.29) is 11.8 Å². The van der Waals surface area contributed by atoms with Crippen molar-refractivity contribution < 1.29 is 9.53 Å². The molecule has 0 aliphatic carbocycles. The second-order valence-electron chi connectivity index (χ2n) is 7.75. The van der Waals surface area contributed by atoms with Gasteiger partial charge in [-0.1, -0.05) is 54.1 Å². The minimum atomic E-state index is -0.0223. The van der Waals surface area contributed by atoms with E-state index in [1.807, 2.05) is 42.5 Å². The third-order valence-corrected chi connectivity index (χ3v) is 6.12. The first-order chi connectivity index (χ1) is 15.1. The molecular weight excluding hydrogens is 410 g/mol. The summed E-state index contributed by atoms with van der Waals surface area (Å²) in [6, 6.07) is 23.8. The fourth-order valence-corrected chi connectivity index (χ4v) is 4.50. The van der Waals surface area contributed by atoms with Crippen molar-refractivity contribution >= 4 is 34.2 Å². The standard InChI is InChI=1S/C25H22ClN3O2/c1-31-19-11-12-20(26)23(14-19)28-16-18(13-24(28)30)25-27-21-9-5-6-10-22(21)29(25)15-17-7-3-2-4-8-17/h2-12,14,18H,13,15-16H2,1H3/t18-/m0/s1. The molecule has 5 nitrogen and oxygen atoms in total. The van der Waals surface area contributed by atoms with Crippen molar-refractivity contribution in [3.8, 4) is 5.75 Å². The number of carbonyl (C=O) groups is 1. The van der Waals surface area contributed by atoms with Crippen molar-refractivity contribution in [1.29, 1.82) is 0 Å². The normalized spacial score (nSPS) is 16.3. The average molecular weight is 432 g/mol. The van der Waals surface area contributed by atoms with Crippen LogP contribution < -0.4 is 9.64 Å². The van der Waals surface area contributed by atoms with Gasteiger partial charge in [-0.05, 0) is 29.8 Å². The maximum atomic E-state index is 13.0. The average Bonchev–Trinajstić information content (AvgIpc) is 3.35. The molecule has 0 saturated carbocycles. The second kappa shape index (κ2) is 8.08. The van der Waals surface area contributed by atoms with Crippen LogP contribution in [0.5, 0.6) is 5.75 Å². The molecule has 0 bridgehead atoms. The van der Waals surface area contributed by atoms with Gasteiger partial charge in [0.25, 0.3) is 0 Å². The number of ether oxygens (including phenoxy) is 1. The number of rotatable bonds is 5. The first-order valence-electron chi connectivity index (χ1n) is 10.3. The van der Waals surface area contributed by atoms with E-state index in [4.69, 9.17) is 21.3 Å². The third kappa shape index (κ3) is 3.66. The molecule has 1 amide bonds. The molecule has 1 fully saturated rings. The van der Waals surface area contributed by atoms with E-state index in [9.17, 15) is 4.79 Å². The second-order valence-corrected chi connectivity index (χ2v) is 8.16. The Kier molecular flexibility index (Phi) is 5.12. The van der Waals surface area contributed by atoms with Crippen LogP contribution in [-0.2, 0) is 11.3 Å². The van der Waals surface area contributed by atoms with Gasteiger partial charge in [-0.2, -0.15) is 0 Å². The minimum absolute atomic E-state index is 0.0223. The van der Waals surface area contributed by atoms with Crippen molar-refractivity contribution in [1.82, 2.24) is 9.55 Å². The van der Waals surface area contributed by atoms with Gasteiger partial charge in [0.05, 0.1) is 28.9 Å². The third-order valence-electron chi connectivity index (χ3n) is 5.80. The molecule has 0 spiro atoms. The highest BCUT2D eigenvalue weighted by Crippen LogP contribution is 2.38. The summed E-state index contributed by atoms with van der Waals surface area (Å²) in [6.07, 6.45) is 0.394. The number of carbonyl (C=O) groups excluding carboxylic acids is 1.